The maximum atomic E-state index is 10.5. The molecule has 1 aromatic carbocycles. The van der Waals surface area contributed by atoms with E-state index in [0.717, 1.165) is 11.3 Å². The van der Waals surface area contributed by atoms with Crippen molar-refractivity contribution in [3.8, 4) is 11.5 Å². The van der Waals surface area contributed by atoms with Gasteiger partial charge in [0.2, 0.25) is 0 Å². The zero-order valence-electron chi connectivity index (χ0n) is 11.3. The largest absolute Gasteiger partial charge is 0.497 e. The first kappa shape index (κ1) is 13.4. The second-order valence-corrected chi connectivity index (χ2v) is 4.24. The third kappa shape index (κ3) is 2.85. The fourth-order valence-corrected chi connectivity index (χ4v) is 1.97. The van der Waals surface area contributed by atoms with Crippen molar-refractivity contribution in [3.05, 3.63) is 53.3 Å². The summed E-state index contributed by atoms with van der Waals surface area (Å²) in [5.74, 6) is 1.31. The summed E-state index contributed by atoms with van der Waals surface area (Å²) >= 11 is 0. The number of pyridine rings is 1. The number of methoxy groups -OCH3 is 2. The quantitative estimate of drug-likeness (QED) is 0.916. The van der Waals surface area contributed by atoms with E-state index in [0.29, 0.717) is 17.1 Å². The number of nitrogens with zero attached hydrogens (tertiary/aromatic N) is 1. The van der Waals surface area contributed by atoms with E-state index in [-0.39, 0.29) is 0 Å². The van der Waals surface area contributed by atoms with Gasteiger partial charge >= 0.3 is 0 Å². The number of rotatable bonds is 4. The Morgan fingerprint density at radius 1 is 1.11 bits per heavy atom. The number of hydrogen-bond acceptors (Lipinski definition) is 4. The van der Waals surface area contributed by atoms with Crippen molar-refractivity contribution in [1.82, 2.24) is 4.98 Å². The van der Waals surface area contributed by atoms with Crippen LogP contribution in [0.2, 0.25) is 0 Å². The second-order valence-electron chi connectivity index (χ2n) is 4.24. The second kappa shape index (κ2) is 5.71. The zero-order valence-corrected chi connectivity index (χ0v) is 11.3. The zero-order chi connectivity index (χ0) is 13.8. The average Bonchev–Trinajstić information content (AvgIpc) is 2.45. The molecule has 0 amide bonds. The van der Waals surface area contributed by atoms with E-state index in [4.69, 9.17) is 9.47 Å². The molecule has 0 bridgehead atoms. The van der Waals surface area contributed by atoms with Crippen LogP contribution in [0.25, 0.3) is 0 Å². The van der Waals surface area contributed by atoms with E-state index >= 15 is 0 Å². The Hall–Kier alpha value is -2.07. The molecule has 19 heavy (non-hydrogen) atoms. The normalized spacial score (nSPS) is 12.0. The van der Waals surface area contributed by atoms with E-state index in [1.54, 1.807) is 44.7 Å². The molecule has 0 radical (unpaired) electrons. The minimum Gasteiger partial charge on any atom is -0.497 e. The highest BCUT2D eigenvalue weighted by Gasteiger charge is 2.16. The number of aliphatic hydroxyl groups excluding tert-OH is 1. The maximum Gasteiger partial charge on any atom is 0.125 e. The first-order valence-corrected chi connectivity index (χ1v) is 5.98. The predicted octanol–water partition coefficient (Wildman–Crippen LogP) is 2.49. The van der Waals surface area contributed by atoms with Crippen LogP contribution in [0.15, 0.2) is 36.5 Å². The molecule has 4 nitrogen and oxygen atoms in total. The van der Waals surface area contributed by atoms with E-state index in [1.165, 1.54) is 0 Å². The van der Waals surface area contributed by atoms with Crippen LogP contribution >= 0.6 is 0 Å². The third-order valence-electron chi connectivity index (χ3n) is 2.97. The lowest BCUT2D eigenvalue weighted by Gasteiger charge is -2.16. The van der Waals surface area contributed by atoms with Crippen molar-refractivity contribution in [2.24, 2.45) is 0 Å². The van der Waals surface area contributed by atoms with Crippen molar-refractivity contribution in [3.63, 3.8) is 0 Å². The van der Waals surface area contributed by atoms with Crippen LogP contribution in [0.4, 0.5) is 0 Å². The van der Waals surface area contributed by atoms with Gasteiger partial charge in [-0.3, -0.25) is 4.98 Å². The minimum atomic E-state index is -0.772. The first-order chi connectivity index (χ1) is 9.15. The molecule has 0 saturated heterocycles. The van der Waals surface area contributed by atoms with Gasteiger partial charge in [0.25, 0.3) is 0 Å². The van der Waals surface area contributed by atoms with Gasteiger partial charge in [0.05, 0.1) is 14.2 Å². The van der Waals surface area contributed by atoms with Crippen molar-refractivity contribution < 1.29 is 14.6 Å². The Morgan fingerprint density at radius 3 is 2.53 bits per heavy atom. The summed E-state index contributed by atoms with van der Waals surface area (Å²) in [4.78, 5) is 4.13. The molecule has 1 atom stereocenters. The van der Waals surface area contributed by atoms with Gasteiger partial charge in [-0.15, -0.1) is 0 Å². The Kier molecular flexibility index (Phi) is 4.02. The van der Waals surface area contributed by atoms with Crippen LogP contribution in [0.1, 0.15) is 22.9 Å². The summed E-state index contributed by atoms with van der Waals surface area (Å²) in [6, 6.07) is 9.00. The molecule has 2 aromatic rings. The lowest BCUT2D eigenvalue weighted by atomic mass is 10.0. The molecular weight excluding hydrogens is 242 g/mol. The lowest BCUT2D eigenvalue weighted by Crippen LogP contribution is -2.03. The SMILES string of the molecule is COc1ccc(OC)c(C(O)c2ccnc(C)c2)c1. The van der Waals surface area contributed by atoms with E-state index in [2.05, 4.69) is 4.98 Å². The van der Waals surface area contributed by atoms with Crippen molar-refractivity contribution in [2.75, 3.05) is 14.2 Å². The summed E-state index contributed by atoms with van der Waals surface area (Å²) in [5, 5.41) is 10.5. The summed E-state index contributed by atoms with van der Waals surface area (Å²) in [6.07, 6.45) is 0.910. The highest BCUT2D eigenvalue weighted by Crippen LogP contribution is 2.32. The van der Waals surface area contributed by atoms with Gasteiger partial charge in [-0.25, -0.2) is 0 Å². The molecule has 1 aromatic heterocycles. The van der Waals surface area contributed by atoms with Gasteiger partial charge in [0, 0.05) is 17.5 Å². The van der Waals surface area contributed by atoms with E-state index in [1.807, 2.05) is 13.0 Å². The van der Waals surface area contributed by atoms with E-state index in [9.17, 15) is 5.11 Å². The van der Waals surface area contributed by atoms with Gasteiger partial charge in [-0.2, -0.15) is 0 Å². The fraction of sp³-hybridized carbons (Fsp3) is 0.267. The Morgan fingerprint density at radius 2 is 1.89 bits per heavy atom. The summed E-state index contributed by atoms with van der Waals surface area (Å²) in [6.45, 7) is 1.89. The van der Waals surface area contributed by atoms with Crippen LogP contribution in [-0.2, 0) is 0 Å². The van der Waals surface area contributed by atoms with Crippen LogP contribution in [0, 0.1) is 6.92 Å². The Balaban J connectivity index is 2.44. The Bertz CT molecular complexity index is 569. The highest BCUT2D eigenvalue weighted by molar-refractivity contribution is 5.45. The fourth-order valence-electron chi connectivity index (χ4n) is 1.97. The summed E-state index contributed by atoms with van der Waals surface area (Å²) in [5.41, 5.74) is 2.31. The van der Waals surface area contributed by atoms with Crippen LogP contribution in [0.3, 0.4) is 0 Å². The number of hydrogen-bond donors (Lipinski definition) is 1. The van der Waals surface area contributed by atoms with Crippen molar-refractivity contribution >= 4 is 0 Å². The molecule has 0 fully saturated rings. The van der Waals surface area contributed by atoms with Crippen LogP contribution in [0.5, 0.6) is 11.5 Å². The molecular formula is C15H17NO3. The van der Waals surface area contributed by atoms with Crippen LogP contribution < -0.4 is 9.47 Å². The molecule has 1 heterocycles. The molecule has 0 saturated carbocycles. The van der Waals surface area contributed by atoms with Gasteiger partial charge in [-0.05, 0) is 42.8 Å². The van der Waals surface area contributed by atoms with Gasteiger partial charge in [-0.1, -0.05) is 0 Å². The summed E-state index contributed by atoms with van der Waals surface area (Å²) < 4.78 is 10.5. The number of aryl methyl sites for hydroxylation is 1. The monoisotopic (exact) mass is 259 g/mol. The lowest BCUT2D eigenvalue weighted by molar-refractivity contribution is 0.214. The van der Waals surface area contributed by atoms with Gasteiger partial charge in [0.15, 0.2) is 0 Å². The third-order valence-corrected chi connectivity index (χ3v) is 2.97. The highest BCUT2D eigenvalue weighted by atomic mass is 16.5. The van der Waals surface area contributed by atoms with Crippen LogP contribution in [-0.4, -0.2) is 24.3 Å². The molecule has 1 N–H and O–H groups in total. The summed E-state index contributed by atoms with van der Waals surface area (Å²) in [7, 11) is 3.17. The van der Waals surface area contributed by atoms with Crippen molar-refractivity contribution in [1.29, 1.82) is 0 Å². The topological polar surface area (TPSA) is 51.6 Å². The van der Waals surface area contributed by atoms with E-state index < -0.39 is 6.10 Å². The number of ether oxygens (including phenoxy) is 2. The molecule has 4 heteroatoms. The average molecular weight is 259 g/mol. The van der Waals surface area contributed by atoms with Gasteiger partial charge < -0.3 is 14.6 Å². The number of aromatic nitrogens is 1. The maximum absolute atomic E-state index is 10.5. The molecule has 0 aliphatic rings. The molecule has 2 rings (SSSR count). The van der Waals surface area contributed by atoms with Gasteiger partial charge in [0.1, 0.15) is 17.6 Å². The molecule has 0 aliphatic carbocycles. The van der Waals surface area contributed by atoms with Crippen molar-refractivity contribution in [2.45, 2.75) is 13.0 Å². The first-order valence-electron chi connectivity index (χ1n) is 5.98. The number of benzene rings is 1. The minimum absolute atomic E-state index is 0.628. The smallest absolute Gasteiger partial charge is 0.125 e. The molecule has 0 spiro atoms. The number of aliphatic hydroxyl groups is 1. The molecule has 0 aliphatic heterocycles. The Labute approximate surface area is 112 Å². The standard InChI is InChI=1S/C15H17NO3/c1-10-8-11(6-7-16-10)15(17)13-9-12(18-2)4-5-14(13)19-3/h4-9,15,17H,1-3H3. The molecule has 1 unspecified atom stereocenters. The predicted molar refractivity (Wildman–Crippen MR) is 72.6 cm³/mol. The molecule has 100 valence electrons.